The van der Waals surface area contributed by atoms with Crippen LogP contribution < -0.4 is 4.74 Å². The number of nitro groups is 1. The molecule has 8 nitrogen and oxygen atoms in total. The van der Waals surface area contributed by atoms with Gasteiger partial charge in [0.2, 0.25) is 0 Å². The van der Waals surface area contributed by atoms with Crippen LogP contribution in [0, 0.1) is 15.9 Å². The van der Waals surface area contributed by atoms with Crippen LogP contribution in [-0.2, 0) is 13.1 Å². The third-order valence-electron chi connectivity index (χ3n) is 4.63. The van der Waals surface area contributed by atoms with Crippen molar-refractivity contribution in [3.8, 4) is 22.1 Å². The molecule has 3 aromatic heterocycles. The maximum absolute atomic E-state index is 14.3. The van der Waals surface area contributed by atoms with E-state index < -0.39 is 10.7 Å². The number of nitrogens with zero attached hydrogens (tertiary/aromatic N) is 5. The van der Waals surface area contributed by atoms with Gasteiger partial charge in [0.15, 0.2) is 11.6 Å². The summed E-state index contributed by atoms with van der Waals surface area (Å²) >= 11 is 1.45. The Bertz CT molecular complexity index is 1270. The molecule has 0 radical (unpaired) electrons. The summed E-state index contributed by atoms with van der Waals surface area (Å²) in [6.45, 7) is 3.61. The first kappa shape index (κ1) is 20.9. The standard InChI is InChI=1S/C21H20FN5O3S/c1-4-26-11-16(24-20(26)12-25(2)3)19-10-15-21(31-19)18(7-8-23-15)30-17-6-5-13(27(28)29)9-14(17)22/h5-11H,4,12H2,1-3H3. The van der Waals surface area contributed by atoms with Crippen molar-refractivity contribution >= 4 is 27.2 Å². The van der Waals surface area contributed by atoms with E-state index in [0.29, 0.717) is 11.3 Å². The Balaban J connectivity index is 1.70. The second-order valence-electron chi connectivity index (χ2n) is 7.17. The Morgan fingerprint density at radius 2 is 2.06 bits per heavy atom. The minimum absolute atomic E-state index is 0.0865. The van der Waals surface area contributed by atoms with Crippen LogP contribution in [0.15, 0.2) is 42.7 Å². The van der Waals surface area contributed by atoms with Gasteiger partial charge in [0.25, 0.3) is 5.69 Å². The van der Waals surface area contributed by atoms with Crippen molar-refractivity contribution in [1.29, 1.82) is 0 Å². The van der Waals surface area contributed by atoms with Gasteiger partial charge in [-0.3, -0.25) is 15.1 Å². The third-order valence-corrected chi connectivity index (χ3v) is 5.79. The van der Waals surface area contributed by atoms with Crippen LogP contribution in [0.3, 0.4) is 0 Å². The van der Waals surface area contributed by atoms with Crippen molar-refractivity contribution in [2.45, 2.75) is 20.0 Å². The lowest BCUT2D eigenvalue weighted by Crippen LogP contribution is -2.15. The van der Waals surface area contributed by atoms with Gasteiger partial charge in [0.05, 0.1) is 38.3 Å². The number of non-ortho nitro benzene ring substituents is 1. The summed E-state index contributed by atoms with van der Waals surface area (Å²) in [5.74, 6) is 0.511. The molecule has 31 heavy (non-hydrogen) atoms. The highest BCUT2D eigenvalue weighted by Crippen LogP contribution is 2.39. The number of imidazole rings is 1. The molecule has 4 rings (SSSR count). The number of ether oxygens (including phenoxy) is 1. The molecule has 0 bridgehead atoms. The molecule has 0 N–H and O–H groups in total. The highest BCUT2D eigenvalue weighted by Gasteiger charge is 2.17. The number of thiophene rings is 1. The summed E-state index contributed by atoms with van der Waals surface area (Å²) in [7, 11) is 4.00. The van der Waals surface area contributed by atoms with Crippen molar-refractivity contribution in [1.82, 2.24) is 19.4 Å². The lowest BCUT2D eigenvalue weighted by molar-refractivity contribution is -0.385. The van der Waals surface area contributed by atoms with E-state index in [-0.39, 0.29) is 11.4 Å². The van der Waals surface area contributed by atoms with Gasteiger partial charge in [-0.2, -0.15) is 0 Å². The SMILES string of the molecule is CCn1cc(-c2cc3nccc(Oc4ccc([N+](=O)[O-])cc4F)c3s2)nc1CN(C)C. The van der Waals surface area contributed by atoms with Gasteiger partial charge in [-0.1, -0.05) is 0 Å². The largest absolute Gasteiger partial charge is 0.453 e. The number of hydrogen-bond donors (Lipinski definition) is 0. The summed E-state index contributed by atoms with van der Waals surface area (Å²) in [6.07, 6.45) is 3.60. The second-order valence-corrected chi connectivity index (χ2v) is 8.23. The number of benzene rings is 1. The topological polar surface area (TPSA) is 86.3 Å². The number of halogens is 1. The minimum atomic E-state index is -0.800. The van der Waals surface area contributed by atoms with Crippen molar-refractivity contribution in [2.75, 3.05) is 14.1 Å². The van der Waals surface area contributed by atoms with Crippen molar-refractivity contribution in [3.05, 3.63) is 64.5 Å². The molecule has 0 aliphatic carbocycles. The van der Waals surface area contributed by atoms with Gasteiger partial charge < -0.3 is 14.2 Å². The lowest BCUT2D eigenvalue weighted by Gasteiger charge is -2.09. The molecule has 0 aliphatic rings. The fraction of sp³-hybridized carbons (Fsp3) is 0.238. The number of pyridine rings is 1. The van der Waals surface area contributed by atoms with Crippen LogP contribution in [0.2, 0.25) is 0 Å². The van der Waals surface area contributed by atoms with Gasteiger partial charge in [0, 0.05) is 31.1 Å². The second kappa shape index (κ2) is 8.40. The number of aryl methyl sites for hydroxylation is 1. The first-order valence-corrected chi connectivity index (χ1v) is 10.4. The maximum atomic E-state index is 14.3. The summed E-state index contributed by atoms with van der Waals surface area (Å²) in [5, 5.41) is 10.8. The molecule has 3 heterocycles. The molecule has 10 heteroatoms. The molecular weight excluding hydrogens is 421 g/mol. The number of fused-ring (bicyclic) bond motifs is 1. The molecule has 0 aliphatic heterocycles. The van der Waals surface area contributed by atoms with Crippen LogP contribution in [0.5, 0.6) is 11.5 Å². The molecule has 0 amide bonds. The van der Waals surface area contributed by atoms with Crippen molar-refractivity contribution in [3.63, 3.8) is 0 Å². The summed E-state index contributed by atoms with van der Waals surface area (Å²) in [6, 6.07) is 6.88. The number of nitro benzene ring substituents is 1. The van der Waals surface area contributed by atoms with Crippen LogP contribution >= 0.6 is 11.3 Å². The third kappa shape index (κ3) is 4.25. The number of hydrogen-bond acceptors (Lipinski definition) is 7. The van der Waals surface area contributed by atoms with Crippen LogP contribution in [0.25, 0.3) is 20.8 Å². The predicted molar refractivity (Wildman–Crippen MR) is 117 cm³/mol. The predicted octanol–water partition coefficient (Wildman–Crippen LogP) is 5.08. The lowest BCUT2D eigenvalue weighted by atomic mass is 10.3. The van der Waals surface area contributed by atoms with E-state index in [1.54, 1.807) is 12.3 Å². The highest BCUT2D eigenvalue weighted by molar-refractivity contribution is 7.22. The maximum Gasteiger partial charge on any atom is 0.272 e. The monoisotopic (exact) mass is 441 g/mol. The molecule has 0 spiro atoms. The Kier molecular flexibility index (Phi) is 5.66. The molecule has 0 atom stereocenters. The Morgan fingerprint density at radius 3 is 2.74 bits per heavy atom. The van der Waals surface area contributed by atoms with Crippen molar-refractivity contribution < 1.29 is 14.1 Å². The van der Waals surface area contributed by atoms with E-state index in [1.165, 1.54) is 23.5 Å². The smallest absolute Gasteiger partial charge is 0.272 e. The van der Waals surface area contributed by atoms with Crippen LogP contribution in [0.4, 0.5) is 10.1 Å². The van der Waals surface area contributed by atoms with Gasteiger partial charge in [-0.05, 0) is 33.2 Å². The average molecular weight is 441 g/mol. The highest BCUT2D eigenvalue weighted by atomic mass is 32.1. The van der Waals surface area contributed by atoms with E-state index in [4.69, 9.17) is 9.72 Å². The zero-order chi connectivity index (χ0) is 22.1. The average Bonchev–Trinajstić information content (AvgIpc) is 3.33. The zero-order valence-electron chi connectivity index (χ0n) is 17.2. The van der Waals surface area contributed by atoms with Gasteiger partial charge in [-0.25, -0.2) is 9.37 Å². The molecule has 0 fully saturated rings. The Morgan fingerprint density at radius 1 is 1.26 bits per heavy atom. The molecule has 0 saturated carbocycles. The Labute approximate surface area is 181 Å². The van der Waals surface area contributed by atoms with E-state index >= 15 is 0 Å². The fourth-order valence-electron chi connectivity index (χ4n) is 3.18. The van der Waals surface area contributed by atoms with Gasteiger partial charge in [0.1, 0.15) is 11.6 Å². The normalized spacial score (nSPS) is 11.4. The molecule has 4 aromatic rings. The molecule has 0 saturated heterocycles. The molecule has 0 unspecified atom stereocenters. The summed E-state index contributed by atoms with van der Waals surface area (Å²) in [5.41, 5.74) is 1.22. The van der Waals surface area contributed by atoms with Gasteiger partial charge >= 0.3 is 0 Å². The van der Waals surface area contributed by atoms with Crippen LogP contribution in [0.1, 0.15) is 12.7 Å². The fourth-order valence-corrected chi connectivity index (χ4v) is 4.20. The van der Waals surface area contributed by atoms with E-state index in [2.05, 4.69) is 21.4 Å². The van der Waals surface area contributed by atoms with Crippen LogP contribution in [-0.4, -0.2) is 38.5 Å². The first-order chi connectivity index (χ1) is 14.9. The zero-order valence-corrected chi connectivity index (χ0v) is 18.0. The minimum Gasteiger partial charge on any atom is -0.453 e. The molecule has 1 aromatic carbocycles. The summed E-state index contributed by atoms with van der Waals surface area (Å²) in [4.78, 5) is 22.3. The van der Waals surface area contributed by atoms with Crippen molar-refractivity contribution in [2.24, 2.45) is 0 Å². The van der Waals surface area contributed by atoms with E-state index in [1.807, 2.05) is 26.4 Å². The number of aromatic nitrogens is 3. The van der Waals surface area contributed by atoms with E-state index in [9.17, 15) is 14.5 Å². The first-order valence-electron chi connectivity index (χ1n) is 9.57. The Hall–Kier alpha value is -3.37. The van der Waals surface area contributed by atoms with Gasteiger partial charge in [-0.15, -0.1) is 11.3 Å². The number of rotatable bonds is 7. The quantitative estimate of drug-likeness (QED) is 0.294. The van der Waals surface area contributed by atoms with E-state index in [0.717, 1.165) is 40.3 Å². The molecular formula is C21H20FN5O3S. The molecule has 160 valence electrons. The summed E-state index contributed by atoms with van der Waals surface area (Å²) < 4.78 is 22.9.